The highest BCUT2D eigenvalue weighted by Crippen LogP contribution is 2.26. The molecule has 0 saturated carbocycles. The molecule has 1 saturated heterocycles. The summed E-state index contributed by atoms with van der Waals surface area (Å²) in [5, 5.41) is 3.83. The minimum absolute atomic E-state index is 0.108. The summed E-state index contributed by atoms with van der Waals surface area (Å²) in [7, 11) is -2.83. The number of cyclic esters (lactones) is 1. The van der Waals surface area contributed by atoms with E-state index in [4.69, 9.17) is 9.26 Å². The van der Waals surface area contributed by atoms with E-state index in [9.17, 15) is 22.0 Å². The first-order valence-electron chi connectivity index (χ1n) is 9.45. The molecule has 12 heteroatoms. The van der Waals surface area contributed by atoms with Crippen molar-refractivity contribution in [3.8, 4) is 11.4 Å². The number of hydrogen-bond acceptors (Lipinski definition) is 7. The maximum absolute atomic E-state index is 13.5. The van der Waals surface area contributed by atoms with Crippen molar-refractivity contribution in [2.75, 3.05) is 25.0 Å². The number of sulfonamides is 1. The van der Waals surface area contributed by atoms with Gasteiger partial charge in [-0.1, -0.05) is 5.16 Å². The molecule has 0 N–H and O–H groups in total. The van der Waals surface area contributed by atoms with Gasteiger partial charge in [0.2, 0.25) is 21.7 Å². The number of aryl methyl sites for hydroxylation is 1. The molecule has 2 heterocycles. The van der Waals surface area contributed by atoms with Gasteiger partial charge in [-0.2, -0.15) is 9.29 Å². The van der Waals surface area contributed by atoms with E-state index < -0.39 is 38.8 Å². The first-order chi connectivity index (χ1) is 15.1. The number of amides is 1. The van der Waals surface area contributed by atoms with E-state index in [0.717, 1.165) is 16.4 Å². The van der Waals surface area contributed by atoms with Crippen molar-refractivity contribution >= 4 is 21.8 Å². The van der Waals surface area contributed by atoms with Crippen LogP contribution in [0.25, 0.3) is 11.4 Å². The minimum atomic E-state index is -4.11. The number of rotatable bonds is 6. The van der Waals surface area contributed by atoms with Gasteiger partial charge in [-0.3, -0.25) is 4.90 Å². The van der Waals surface area contributed by atoms with Crippen LogP contribution in [0.4, 0.5) is 19.3 Å². The summed E-state index contributed by atoms with van der Waals surface area (Å²) in [6, 6.07) is 9.15. The molecule has 168 valence electrons. The number of hydrogen-bond donors (Lipinski definition) is 0. The molecule has 0 bridgehead atoms. The summed E-state index contributed by atoms with van der Waals surface area (Å²) in [6.07, 6.45) is -1.39. The van der Waals surface area contributed by atoms with Crippen LogP contribution in [0.1, 0.15) is 5.89 Å². The van der Waals surface area contributed by atoms with Gasteiger partial charge in [0.05, 0.1) is 18.0 Å². The zero-order valence-electron chi connectivity index (χ0n) is 17.0. The maximum Gasteiger partial charge on any atom is 0.414 e. The highest BCUT2D eigenvalue weighted by molar-refractivity contribution is 7.89. The fourth-order valence-electron chi connectivity index (χ4n) is 3.24. The molecule has 9 nitrogen and oxygen atoms in total. The molecule has 1 aliphatic heterocycles. The van der Waals surface area contributed by atoms with Gasteiger partial charge in [-0.25, -0.2) is 22.0 Å². The third-order valence-electron chi connectivity index (χ3n) is 4.90. The van der Waals surface area contributed by atoms with Crippen LogP contribution in [-0.4, -0.2) is 55.2 Å². The summed E-state index contributed by atoms with van der Waals surface area (Å²) in [4.78, 5) is 17.4. The number of likely N-dealkylation sites (N-methyl/N-ethyl adjacent to an activating group) is 1. The largest absolute Gasteiger partial charge is 0.443 e. The summed E-state index contributed by atoms with van der Waals surface area (Å²) >= 11 is 0. The molecular formula is C20H18F2N4O5S. The van der Waals surface area contributed by atoms with Crippen LogP contribution in [0, 0.1) is 18.6 Å². The summed E-state index contributed by atoms with van der Waals surface area (Å²) in [5.74, 6) is -1.57. The van der Waals surface area contributed by atoms with E-state index in [0.29, 0.717) is 29.0 Å². The van der Waals surface area contributed by atoms with Crippen LogP contribution >= 0.6 is 0 Å². The van der Waals surface area contributed by atoms with Crippen molar-refractivity contribution in [2.45, 2.75) is 17.9 Å². The van der Waals surface area contributed by atoms with Crippen molar-refractivity contribution in [2.24, 2.45) is 0 Å². The minimum Gasteiger partial charge on any atom is -0.443 e. The Labute approximate surface area is 182 Å². The Kier molecular flexibility index (Phi) is 5.65. The number of anilines is 1. The van der Waals surface area contributed by atoms with E-state index in [1.165, 1.54) is 11.9 Å². The monoisotopic (exact) mass is 464 g/mol. The third-order valence-corrected chi connectivity index (χ3v) is 6.72. The fourth-order valence-corrected chi connectivity index (χ4v) is 4.45. The van der Waals surface area contributed by atoms with Gasteiger partial charge in [0.1, 0.15) is 6.10 Å². The molecule has 0 aliphatic carbocycles. The lowest BCUT2D eigenvalue weighted by molar-refractivity contribution is 0.131. The first kappa shape index (κ1) is 21.8. The average Bonchev–Trinajstić information content (AvgIpc) is 3.35. The predicted molar refractivity (Wildman–Crippen MR) is 108 cm³/mol. The average molecular weight is 464 g/mol. The second kappa shape index (κ2) is 8.28. The van der Waals surface area contributed by atoms with Crippen LogP contribution in [-0.2, 0) is 14.8 Å². The van der Waals surface area contributed by atoms with Crippen LogP contribution in [0.15, 0.2) is 51.9 Å². The Morgan fingerprint density at radius 2 is 1.88 bits per heavy atom. The topological polar surface area (TPSA) is 106 Å². The molecule has 2 aromatic carbocycles. The third kappa shape index (κ3) is 4.18. The van der Waals surface area contributed by atoms with Crippen LogP contribution in [0.3, 0.4) is 0 Å². The van der Waals surface area contributed by atoms with Gasteiger partial charge >= 0.3 is 6.09 Å². The van der Waals surface area contributed by atoms with Crippen LogP contribution < -0.4 is 4.90 Å². The maximum atomic E-state index is 13.5. The Bertz CT molecular complexity index is 1260. The molecule has 4 rings (SSSR count). The molecule has 1 unspecified atom stereocenters. The molecule has 1 atom stereocenters. The molecule has 1 fully saturated rings. The molecular weight excluding hydrogens is 446 g/mol. The Morgan fingerprint density at radius 1 is 1.16 bits per heavy atom. The fraction of sp³-hybridized carbons (Fsp3) is 0.250. The molecule has 32 heavy (non-hydrogen) atoms. The number of halogens is 2. The predicted octanol–water partition coefficient (Wildman–Crippen LogP) is 2.97. The van der Waals surface area contributed by atoms with Crippen LogP contribution in [0.5, 0.6) is 0 Å². The van der Waals surface area contributed by atoms with Crippen molar-refractivity contribution < 1.29 is 31.3 Å². The van der Waals surface area contributed by atoms with Crippen molar-refractivity contribution in [3.63, 3.8) is 0 Å². The zero-order valence-corrected chi connectivity index (χ0v) is 17.8. The Balaban J connectivity index is 1.44. The molecule has 1 aromatic heterocycles. The summed E-state index contributed by atoms with van der Waals surface area (Å²) in [6.45, 7) is 1.62. The van der Waals surface area contributed by atoms with Gasteiger partial charge in [0.25, 0.3) is 0 Å². The summed E-state index contributed by atoms with van der Waals surface area (Å²) in [5.41, 5.74) is 1.25. The number of carbonyl (C=O) groups excluding carboxylic acids is 1. The van der Waals surface area contributed by atoms with E-state index in [1.807, 2.05) is 0 Å². The number of aromatic nitrogens is 2. The van der Waals surface area contributed by atoms with Gasteiger partial charge in [-0.15, -0.1) is 0 Å². The highest BCUT2D eigenvalue weighted by atomic mass is 32.2. The van der Waals surface area contributed by atoms with E-state index >= 15 is 0 Å². The number of benzene rings is 2. The van der Waals surface area contributed by atoms with Crippen LogP contribution in [0.2, 0.25) is 0 Å². The molecule has 0 radical (unpaired) electrons. The van der Waals surface area contributed by atoms with Crippen molar-refractivity contribution in [3.05, 3.63) is 60.0 Å². The van der Waals surface area contributed by atoms with Gasteiger partial charge < -0.3 is 9.26 Å². The van der Waals surface area contributed by atoms with Gasteiger partial charge in [0, 0.05) is 25.2 Å². The lowest BCUT2D eigenvalue weighted by Crippen LogP contribution is -2.36. The van der Waals surface area contributed by atoms with E-state index in [-0.39, 0.29) is 13.1 Å². The Hall–Kier alpha value is -3.38. The van der Waals surface area contributed by atoms with Crippen molar-refractivity contribution in [1.82, 2.24) is 14.4 Å². The SMILES string of the molecule is Cc1nc(-c2ccc(N3CC(CN(C)S(=O)(=O)c4ccc(F)c(F)c4)OC3=O)cc2)no1. The molecule has 1 amide bonds. The molecule has 3 aromatic rings. The van der Waals surface area contributed by atoms with Crippen molar-refractivity contribution in [1.29, 1.82) is 0 Å². The smallest absolute Gasteiger partial charge is 0.414 e. The van der Waals surface area contributed by atoms with Gasteiger partial charge in [0.15, 0.2) is 11.6 Å². The second-order valence-electron chi connectivity index (χ2n) is 7.16. The zero-order chi connectivity index (χ0) is 23.0. The first-order valence-corrected chi connectivity index (χ1v) is 10.9. The lowest BCUT2D eigenvalue weighted by Gasteiger charge is -2.20. The lowest BCUT2D eigenvalue weighted by atomic mass is 10.2. The van der Waals surface area contributed by atoms with Gasteiger partial charge in [-0.05, 0) is 42.5 Å². The normalized spacial score (nSPS) is 16.6. The van der Waals surface area contributed by atoms with E-state index in [2.05, 4.69) is 10.1 Å². The second-order valence-corrected chi connectivity index (χ2v) is 9.21. The van der Waals surface area contributed by atoms with E-state index in [1.54, 1.807) is 31.2 Å². The number of carbonyl (C=O) groups is 1. The molecule has 0 spiro atoms. The quantitative estimate of drug-likeness (QED) is 0.552. The summed E-state index contributed by atoms with van der Waals surface area (Å²) < 4.78 is 63.1. The standard InChI is InChI=1S/C20H18F2N4O5S/c1-12-23-19(24-31-12)13-3-5-14(6-4-13)26-11-15(30-20(26)27)10-25(2)32(28,29)16-7-8-17(21)18(22)9-16/h3-9,15H,10-11H2,1-2H3. The number of nitrogens with zero attached hydrogens (tertiary/aromatic N) is 4. The number of ether oxygens (including phenoxy) is 1. The molecule has 1 aliphatic rings. The Morgan fingerprint density at radius 3 is 2.50 bits per heavy atom. The highest BCUT2D eigenvalue weighted by Gasteiger charge is 2.35.